The number of carbonyl (C=O) groups is 2. The van der Waals surface area contributed by atoms with E-state index in [9.17, 15) is 19.2 Å². The van der Waals surface area contributed by atoms with Crippen LogP contribution in [0.25, 0.3) is 10.8 Å². The lowest BCUT2D eigenvalue weighted by molar-refractivity contribution is -0.128. The third-order valence-corrected chi connectivity index (χ3v) is 3.80. The Morgan fingerprint density at radius 1 is 1.20 bits per heavy atom. The minimum absolute atomic E-state index is 0.0700. The second-order valence-electron chi connectivity index (χ2n) is 6.03. The van der Waals surface area contributed by atoms with E-state index in [-0.39, 0.29) is 23.0 Å². The molecular weight excluding hydrogens is 326 g/mol. The summed E-state index contributed by atoms with van der Waals surface area (Å²) in [6.07, 6.45) is 1.22. The largest absolute Gasteiger partial charge is 0.345 e. The highest BCUT2D eigenvalue weighted by Gasteiger charge is 2.27. The van der Waals surface area contributed by atoms with Crippen LogP contribution in [0.2, 0.25) is 0 Å². The van der Waals surface area contributed by atoms with E-state index in [0.717, 1.165) is 6.42 Å². The number of fused-ring (bicyclic) bond motifs is 1. The van der Waals surface area contributed by atoms with Crippen molar-refractivity contribution >= 4 is 28.3 Å². The highest BCUT2D eigenvalue weighted by Crippen LogP contribution is 2.16. The Kier molecular flexibility index (Phi) is 5.38. The van der Waals surface area contributed by atoms with Gasteiger partial charge < -0.3 is 16.4 Å². The molecule has 1 heterocycles. The van der Waals surface area contributed by atoms with Crippen LogP contribution >= 0.6 is 0 Å². The standard InChI is InChI=1S/C16H21N5O4/c1-3-7-16(2,17)15(25)18-8-11(22)19-10-6-4-5-9-12(10)14(24)21-20-13(9)23/h4-6H,3,7-8,17H2,1-2H3,(H,18,25)(H,19,22)(H,20,23)(H,21,24). The lowest BCUT2D eigenvalue weighted by Crippen LogP contribution is -2.52. The van der Waals surface area contributed by atoms with Gasteiger partial charge in [0.15, 0.2) is 0 Å². The molecule has 0 aliphatic carbocycles. The Hall–Kier alpha value is -2.94. The topological polar surface area (TPSA) is 150 Å². The van der Waals surface area contributed by atoms with E-state index in [1.165, 1.54) is 12.1 Å². The SMILES string of the molecule is CCCC(C)(N)C(=O)NCC(=O)Nc1cccc2c(=O)[nH][nH]c(=O)c12. The maximum Gasteiger partial charge on any atom is 0.272 e. The minimum Gasteiger partial charge on any atom is -0.345 e. The zero-order valence-electron chi connectivity index (χ0n) is 14.1. The molecule has 0 spiro atoms. The zero-order chi connectivity index (χ0) is 18.6. The van der Waals surface area contributed by atoms with Crippen molar-refractivity contribution in [3.63, 3.8) is 0 Å². The monoisotopic (exact) mass is 347 g/mol. The maximum atomic E-state index is 12.1. The molecule has 6 N–H and O–H groups in total. The smallest absolute Gasteiger partial charge is 0.272 e. The van der Waals surface area contributed by atoms with Crippen molar-refractivity contribution in [3.8, 4) is 0 Å². The molecule has 9 nitrogen and oxygen atoms in total. The number of amides is 2. The van der Waals surface area contributed by atoms with E-state index < -0.39 is 28.5 Å². The van der Waals surface area contributed by atoms with Crippen molar-refractivity contribution in [2.24, 2.45) is 5.73 Å². The average molecular weight is 347 g/mol. The number of hydrogen-bond acceptors (Lipinski definition) is 5. The van der Waals surface area contributed by atoms with Gasteiger partial charge in [-0.25, -0.2) is 0 Å². The molecule has 0 saturated heterocycles. The first-order chi connectivity index (χ1) is 11.8. The third kappa shape index (κ3) is 4.13. The number of hydrogen-bond donors (Lipinski definition) is 5. The van der Waals surface area contributed by atoms with Crippen molar-refractivity contribution in [2.45, 2.75) is 32.2 Å². The van der Waals surface area contributed by atoms with Gasteiger partial charge in [-0.2, -0.15) is 0 Å². The summed E-state index contributed by atoms with van der Waals surface area (Å²) in [5.74, 6) is -0.968. The summed E-state index contributed by atoms with van der Waals surface area (Å²) >= 11 is 0. The van der Waals surface area contributed by atoms with Crippen molar-refractivity contribution < 1.29 is 9.59 Å². The summed E-state index contributed by atoms with van der Waals surface area (Å²) < 4.78 is 0. The fraction of sp³-hybridized carbons (Fsp3) is 0.375. The fourth-order valence-corrected chi connectivity index (χ4v) is 2.52. The molecule has 134 valence electrons. The summed E-state index contributed by atoms with van der Waals surface area (Å²) in [6, 6.07) is 4.52. The summed E-state index contributed by atoms with van der Waals surface area (Å²) in [5, 5.41) is 9.65. The van der Waals surface area contributed by atoms with Gasteiger partial charge in [0, 0.05) is 0 Å². The van der Waals surface area contributed by atoms with Gasteiger partial charge >= 0.3 is 0 Å². The Labute approximate surface area is 143 Å². The first-order valence-corrected chi connectivity index (χ1v) is 7.87. The molecule has 0 radical (unpaired) electrons. The van der Waals surface area contributed by atoms with Crippen LogP contribution in [-0.4, -0.2) is 34.1 Å². The van der Waals surface area contributed by atoms with Crippen LogP contribution in [0.15, 0.2) is 27.8 Å². The second kappa shape index (κ2) is 7.31. The summed E-state index contributed by atoms with van der Waals surface area (Å²) in [6.45, 7) is 3.21. The minimum atomic E-state index is -1.06. The predicted octanol–water partition coefficient (Wildman–Crippen LogP) is -0.211. The zero-order valence-corrected chi connectivity index (χ0v) is 14.1. The molecule has 0 fully saturated rings. The number of nitrogens with one attached hydrogen (secondary N) is 4. The van der Waals surface area contributed by atoms with Crippen LogP contribution in [-0.2, 0) is 9.59 Å². The highest BCUT2D eigenvalue weighted by molar-refractivity contribution is 6.03. The molecule has 2 amide bonds. The van der Waals surface area contributed by atoms with E-state index in [1.807, 2.05) is 6.92 Å². The number of H-pyrrole nitrogens is 2. The van der Waals surface area contributed by atoms with Crippen LogP contribution in [0.4, 0.5) is 5.69 Å². The van der Waals surface area contributed by atoms with Crippen molar-refractivity contribution in [1.29, 1.82) is 0 Å². The molecule has 0 saturated carbocycles. The van der Waals surface area contributed by atoms with E-state index >= 15 is 0 Å². The molecule has 9 heteroatoms. The van der Waals surface area contributed by atoms with E-state index in [0.29, 0.717) is 6.42 Å². The Balaban J connectivity index is 2.13. The van der Waals surface area contributed by atoms with Crippen molar-refractivity contribution in [1.82, 2.24) is 15.5 Å². The van der Waals surface area contributed by atoms with Gasteiger partial charge in [-0.05, 0) is 25.5 Å². The number of benzene rings is 1. The van der Waals surface area contributed by atoms with Gasteiger partial charge in [-0.3, -0.25) is 29.4 Å². The van der Waals surface area contributed by atoms with Crippen LogP contribution in [0, 0.1) is 0 Å². The number of nitrogens with two attached hydrogens (primary N) is 1. The quantitative estimate of drug-likeness (QED) is 0.490. The first kappa shape index (κ1) is 18.4. The molecule has 2 rings (SSSR count). The van der Waals surface area contributed by atoms with Gasteiger partial charge in [0.2, 0.25) is 11.8 Å². The molecule has 0 bridgehead atoms. The van der Waals surface area contributed by atoms with E-state index in [4.69, 9.17) is 5.73 Å². The Morgan fingerprint density at radius 3 is 2.56 bits per heavy atom. The van der Waals surface area contributed by atoms with Crippen LogP contribution in [0.3, 0.4) is 0 Å². The molecule has 1 unspecified atom stereocenters. The number of aromatic nitrogens is 2. The van der Waals surface area contributed by atoms with Crippen molar-refractivity contribution in [2.75, 3.05) is 11.9 Å². The summed E-state index contributed by atoms with van der Waals surface area (Å²) in [4.78, 5) is 47.8. The molecule has 1 aromatic heterocycles. The molecule has 25 heavy (non-hydrogen) atoms. The van der Waals surface area contributed by atoms with Gasteiger partial charge in [-0.15, -0.1) is 0 Å². The normalized spacial score (nSPS) is 13.2. The van der Waals surface area contributed by atoms with Gasteiger partial charge in [0.1, 0.15) is 0 Å². The first-order valence-electron chi connectivity index (χ1n) is 7.87. The van der Waals surface area contributed by atoms with Gasteiger partial charge in [0.25, 0.3) is 11.1 Å². The molecule has 0 aliphatic heterocycles. The molecule has 1 atom stereocenters. The van der Waals surface area contributed by atoms with E-state index in [2.05, 4.69) is 20.8 Å². The summed E-state index contributed by atoms with van der Waals surface area (Å²) in [5.41, 5.74) is 4.01. The maximum absolute atomic E-state index is 12.1. The van der Waals surface area contributed by atoms with Crippen LogP contribution < -0.4 is 27.5 Å². The Morgan fingerprint density at radius 2 is 1.88 bits per heavy atom. The number of anilines is 1. The predicted molar refractivity (Wildman–Crippen MR) is 94.3 cm³/mol. The van der Waals surface area contributed by atoms with Crippen LogP contribution in [0.1, 0.15) is 26.7 Å². The molecule has 1 aromatic carbocycles. The highest BCUT2D eigenvalue weighted by atomic mass is 16.2. The van der Waals surface area contributed by atoms with Crippen molar-refractivity contribution in [3.05, 3.63) is 38.9 Å². The fourth-order valence-electron chi connectivity index (χ4n) is 2.52. The summed E-state index contributed by atoms with van der Waals surface area (Å²) in [7, 11) is 0. The average Bonchev–Trinajstić information content (AvgIpc) is 2.56. The molecule has 2 aromatic rings. The van der Waals surface area contributed by atoms with Crippen LogP contribution in [0.5, 0.6) is 0 Å². The number of aromatic amines is 2. The number of carbonyl (C=O) groups excluding carboxylic acids is 2. The second-order valence-corrected chi connectivity index (χ2v) is 6.03. The molecule has 0 aliphatic rings. The van der Waals surface area contributed by atoms with Gasteiger partial charge in [0.05, 0.1) is 28.5 Å². The third-order valence-electron chi connectivity index (χ3n) is 3.80. The number of rotatable bonds is 6. The Bertz CT molecular complexity index is 913. The van der Waals surface area contributed by atoms with E-state index in [1.54, 1.807) is 13.0 Å². The van der Waals surface area contributed by atoms with Gasteiger partial charge in [-0.1, -0.05) is 19.4 Å². The molecular formula is C16H21N5O4. The lowest BCUT2D eigenvalue weighted by atomic mass is 9.96. The lowest BCUT2D eigenvalue weighted by Gasteiger charge is -2.22.